The summed E-state index contributed by atoms with van der Waals surface area (Å²) in [6.07, 6.45) is 3.66. The molecule has 4 rings (SSSR count). The van der Waals surface area contributed by atoms with E-state index in [9.17, 15) is 4.79 Å². The third-order valence-corrected chi connectivity index (χ3v) is 5.82. The Morgan fingerprint density at radius 3 is 2.52 bits per heavy atom. The lowest BCUT2D eigenvalue weighted by molar-refractivity contribution is 0.102. The second kappa shape index (κ2) is 9.54. The van der Waals surface area contributed by atoms with Crippen LogP contribution in [0.25, 0.3) is 0 Å². The molecule has 8 heteroatoms. The largest absolute Gasteiger partial charge is 0.377 e. The van der Waals surface area contributed by atoms with E-state index >= 15 is 0 Å². The number of aromatic nitrogens is 2. The highest BCUT2D eigenvalue weighted by Crippen LogP contribution is 2.29. The van der Waals surface area contributed by atoms with E-state index in [1.165, 1.54) is 6.20 Å². The van der Waals surface area contributed by atoms with Crippen LogP contribution in [-0.4, -0.2) is 29.0 Å². The van der Waals surface area contributed by atoms with Crippen LogP contribution in [0.4, 0.5) is 17.3 Å². The lowest BCUT2D eigenvalue weighted by Gasteiger charge is -2.18. The maximum absolute atomic E-state index is 12.8. The summed E-state index contributed by atoms with van der Waals surface area (Å²) < 4.78 is 0. The molecule has 1 fully saturated rings. The van der Waals surface area contributed by atoms with Gasteiger partial charge in [-0.05, 0) is 43.5 Å². The smallest absolute Gasteiger partial charge is 0.276 e. The van der Waals surface area contributed by atoms with E-state index in [0.717, 1.165) is 37.2 Å². The first-order valence-electron chi connectivity index (χ1n) is 10.2. The summed E-state index contributed by atoms with van der Waals surface area (Å²) >= 11 is 12.7. The number of amides is 1. The minimum atomic E-state index is -0.401. The highest BCUT2D eigenvalue weighted by molar-refractivity contribution is 6.34. The van der Waals surface area contributed by atoms with Crippen LogP contribution in [0.5, 0.6) is 0 Å². The molecule has 1 amide bonds. The van der Waals surface area contributed by atoms with Crippen molar-refractivity contribution in [3.63, 3.8) is 0 Å². The van der Waals surface area contributed by atoms with Gasteiger partial charge in [-0.1, -0.05) is 53.5 Å². The van der Waals surface area contributed by atoms with Crippen molar-refractivity contribution < 1.29 is 4.79 Å². The molecule has 1 saturated heterocycles. The van der Waals surface area contributed by atoms with Crippen LogP contribution < -0.4 is 15.5 Å². The maximum atomic E-state index is 12.8. The molecule has 1 unspecified atom stereocenters. The van der Waals surface area contributed by atoms with Crippen molar-refractivity contribution in [1.29, 1.82) is 0 Å². The third kappa shape index (κ3) is 5.09. The van der Waals surface area contributed by atoms with Crippen LogP contribution in [0, 0.1) is 0 Å². The van der Waals surface area contributed by atoms with Crippen molar-refractivity contribution >= 4 is 46.4 Å². The fourth-order valence-electron chi connectivity index (χ4n) is 3.55. The summed E-state index contributed by atoms with van der Waals surface area (Å²) in [7, 11) is 0. The molecule has 3 aromatic rings. The normalized spacial score (nSPS) is 14.4. The average molecular weight is 456 g/mol. The first kappa shape index (κ1) is 21.4. The third-order valence-electron chi connectivity index (χ3n) is 5.23. The van der Waals surface area contributed by atoms with Gasteiger partial charge in [0.2, 0.25) is 5.95 Å². The van der Waals surface area contributed by atoms with Crippen molar-refractivity contribution in [3.05, 3.63) is 76.0 Å². The van der Waals surface area contributed by atoms with E-state index < -0.39 is 5.91 Å². The Morgan fingerprint density at radius 2 is 1.81 bits per heavy atom. The Morgan fingerprint density at radius 1 is 1.06 bits per heavy atom. The Hall–Kier alpha value is -2.83. The Labute approximate surface area is 191 Å². The predicted octanol–water partition coefficient (Wildman–Crippen LogP) is 5.81. The molecule has 1 aliphatic rings. The van der Waals surface area contributed by atoms with Gasteiger partial charge in [-0.15, -0.1) is 0 Å². The number of halogens is 2. The average Bonchev–Trinajstić information content (AvgIpc) is 3.31. The molecule has 31 heavy (non-hydrogen) atoms. The number of hydrogen-bond acceptors (Lipinski definition) is 5. The summed E-state index contributed by atoms with van der Waals surface area (Å²) in [5.41, 5.74) is 2.65. The SMILES string of the molecule is CC(Nc1ccc(NC(=O)c2nc(N3CCCC3)ncc2Cl)cc1Cl)c1ccccc1. The number of benzene rings is 2. The summed E-state index contributed by atoms with van der Waals surface area (Å²) in [4.78, 5) is 23.5. The van der Waals surface area contributed by atoms with E-state index in [1.54, 1.807) is 12.1 Å². The zero-order valence-corrected chi connectivity index (χ0v) is 18.6. The summed E-state index contributed by atoms with van der Waals surface area (Å²) in [5, 5.41) is 6.94. The van der Waals surface area contributed by atoms with Crippen LogP contribution in [0.15, 0.2) is 54.7 Å². The topological polar surface area (TPSA) is 70.2 Å². The number of rotatable bonds is 6. The van der Waals surface area contributed by atoms with Crippen molar-refractivity contribution in [2.45, 2.75) is 25.8 Å². The molecule has 0 spiro atoms. The molecule has 2 N–H and O–H groups in total. The second-order valence-corrected chi connectivity index (χ2v) is 8.30. The monoisotopic (exact) mass is 455 g/mol. The van der Waals surface area contributed by atoms with Crippen molar-refractivity contribution in [1.82, 2.24) is 9.97 Å². The molecular formula is C23H23Cl2N5O. The van der Waals surface area contributed by atoms with Crippen molar-refractivity contribution in [3.8, 4) is 0 Å². The molecule has 0 radical (unpaired) electrons. The van der Waals surface area contributed by atoms with Gasteiger partial charge < -0.3 is 15.5 Å². The van der Waals surface area contributed by atoms with E-state index in [2.05, 4.69) is 44.6 Å². The zero-order chi connectivity index (χ0) is 21.8. The molecule has 1 aromatic heterocycles. The van der Waals surface area contributed by atoms with Gasteiger partial charge in [0.15, 0.2) is 5.69 Å². The van der Waals surface area contributed by atoms with E-state index in [0.29, 0.717) is 16.7 Å². The molecule has 0 aliphatic carbocycles. The number of carbonyl (C=O) groups is 1. The molecule has 2 aromatic carbocycles. The lowest BCUT2D eigenvalue weighted by Crippen LogP contribution is -2.23. The summed E-state index contributed by atoms with van der Waals surface area (Å²) in [5.74, 6) is 0.127. The fourth-order valence-corrected chi connectivity index (χ4v) is 3.96. The number of carbonyl (C=O) groups excluding carboxylic acids is 1. The van der Waals surface area contributed by atoms with E-state index in [1.807, 2.05) is 24.3 Å². The summed E-state index contributed by atoms with van der Waals surface area (Å²) in [6, 6.07) is 15.5. The molecule has 6 nitrogen and oxygen atoms in total. The summed E-state index contributed by atoms with van der Waals surface area (Å²) in [6.45, 7) is 3.83. The number of nitrogens with zero attached hydrogens (tertiary/aromatic N) is 3. The Bertz CT molecular complexity index is 1070. The zero-order valence-electron chi connectivity index (χ0n) is 17.1. The molecule has 1 aliphatic heterocycles. The minimum Gasteiger partial charge on any atom is -0.377 e. The van der Waals surface area contributed by atoms with Gasteiger partial charge >= 0.3 is 0 Å². The Balaban J connectivity index is 1.46. The molecule has 1 atom stereocenters. The van der Waals surface area contributed by atoms with E-state index in [-0.39, 0.29) is 16.8 Å². The van der Waals surface area contributed by atoms with Crippen LogP contribution in [0.2, 0.25) is 10.0 Å². The van der Waals surface area contributed by atoms with Gasteiger partial charge in [-0.2, -0.15) is 0 Å². The highest BCUT2D eigenvalue weighted by Gasteiger charge is 2.20. The van der Waals surface area contributed by atoms with Crippen LogP contribution >= 0.6 is 23.2 Å². The van der Waals surface area contributed by atoms with Gasteiger partial charge in [0.1, 0.15) is 0 Å². The first-order valence-corrected chi connectivity index (χ1v) is 11.0. The van der Waals surface area contributed by atoms with Crippen LogP contribution in [0.1, 0.15) is 41.9 Å². The second-order valence-electron chi connectivity index (χ2n) is 7.49. The van der Waals surface area contributed by atoms with Crippen molar-refractivity contribution in [2.75, 3.05) is 28.6 Å². The number of hydrogen-bond donors (Lipinski definition) is 2. The van der Waals surface area contributed by atoms with Crippen LogP contribution in [0.3, 0.4) is 0 Å². The molecular weight excluding hydrogens is 433 g/mol. The van der Waals surface area contributed by atoms with Crippen molar-refractivity contribution in [2.24, 2.45) is 0 Å². The minimum absolute atomic E-state index is 0.0861. The molecule has 160 valence electrons. The Kier molecular flexibility index (Phi) is 6.59. The standard InChI is InChI=1S/C23H23Cl2N5O/c1-15(16-7-3-2-4-8-16)27-20-10-9-17(13-18(20)24)28-22(31)21-19(25)14-26-23(29-21)30-11-5-6-12-30/h2-4,7-10,13-15,27H,5-6,11-12H2,1H3,(H,28,31). The number of nitrogens with one attached hydrogen (secondary N) is 2. The highest BCUT2D eigenvalue weighted by atomic mass is 35.5. The van der Waals surface area contributed by atoms with E-state index in [4.69, 9.17) is 23.2 Å². The maximum Gasteiger partial charge on any atom is 0.276 e. The fraction of sp³-hybridized carbons (Fsp3) is 0.261. The molecule has 0 saturated carbocycles. The number of anilines is 3. The van der Waals surface area contributed by atoms with Crippen LogP contribution in [-0.2, 0) is 0 Å². The predicted molar refractivity (Wildman–Crippen MR) is 126 cm³/mol. The molecule has 2 heterocycles. The van der Waals surface area contributed by atoms with Gasteiger partial charge in [0.25, 0.3) is 5.91 Å². The lowest BCUT2D eigenvalue weighted by atomic mass is 10.1. The van der Waals surface area contributed by atoms with Gasteiger partial charge in [0.05, 0.1) is 21.9 Å². The quantitative estimate of drug-likeness (QED) is 0.490. The van der Waals surface area contributed by atoms with Gasteiger partial charge in [0, 0.05) is 24.8 Å². The van der Waals surface area contributed by atoms with Gasteiger partial charge in [-0.25, -0.2) is 9.97 Å². The van der Waals surface area contributed by atoms with Gasteiger partial charge in [-0.3, -0.25) is 4.79 Å². The first-order chi connectivity index (χ1) is 15.0. The molecule has 0 bridgehead atoms.